The van der Waals surface area contributed by atoms with Gasteiger partial charge in [0.15, 0.2) is 11.5 Å². The molecule has 1 saturated carbocycles. The Hall–Kier alpha value is -3.00. The monoisotopic (exact) mass is 368 g/mol. The zero-order chi connectivity index (χ0) is 19.0. The number of benzene rings is 1. The van der Waals surface area contributed by atoms with Crippen molar-refractivity contribution in [2.75, 3.05) is 0 Å². The number of rotatable bonds is 6. The smallest absolute Gasteiger partial charge is 0.271 e. The van der Waals surface area contributed by atoms with Crippen LogP contribution in [0.25, 0.3) is 11.3 Å². The fourth-order valence-electron chi connectivity index (χ4n) is 3.55. The van der Waals surface area contributed by atoms with E-state index in [-0.39, 0.29) is 17.5 Å². The number of nitrogens with two attached hydrogens (primary N) is 1. The molecule has 27 heavy (non-hydrogen) atoms. The first kappa shape index (κ1) is 17.4. The Morgan fingerprint density at radius 3 is 2.67 bits per heavy atom. The molecule has 0 radical (unpaired) electrons. The molecule has 2 heterocycles. The zero-order valence-corrected chi connectivity index (χ0v) is 14.8. The molecule has 0 aliphatic heterocycles. The summed E-state index contributed by atoms with van der Waals surface area (Å²) in [6.45, 7) is 1.58. The zero-order valence-electron chi connectivity index (χ0n) is 14.8. The minimum Gasteiger partial charge on any atom is -0.422 e. The first-order valence-electron chi connectivity index (χ1n) is 8.88. The van der Waals surface area contributed by atoms with Crippen molar-refractivity contribution in [1.82, 2.24) is 15.4 Å². The molecule has 4 rings (SSSR count). The van der Waals surface area contributed by atoms with E-state index in [9.17, 15) is 9.90 Å². The Bertz CT molecular complexity index is 942. The van der Waals surface area contributed by atoms with Crippen LogP contribution in [0.5, 0.6) is 0 Å². The van der Waals surface area contributed by atoms with E-state index < -0.39 is 12.0 Å². The molecular weight excluding hydrogens is 348 g/mol. The van der Waals surface area contributed by atoms with E-state index in [1.165, 1.54) is 0 Å². The molecule has 0 unspecified atom stereocenters. The SMILES string of the molecule is C[C@H](O)c1nnc(CC2CC(c3c(C(N)=O)noc3-c3ccccc3)C2)o1. The van der Waals surface area contributed by atoms with Crippen molar-refractivity contribution in [3.8, 4) is 11.3 Å². The van der Waals surface area contributed by atoms with Crippen LogP contribution >= 0.6 is 0 Å². The van der Waals surface area contributed by atoms with E-state index in [1.54, 1.807) is 6.92 Å². The van der Waals surface area contributed by atoms with Crippen LogP contribution in [-0.4, -0.2) is 26.4 Å². The molecule has 1 aliphatic rings. The van der Waals surface area contributed by atoms with E-state index in [1.807, 2.05) is 30.3 Å². The summed E-state index contributed by atoms with van der Waals surface area (Å²) >= 11 is 0. The Morgan fingerprint density at radius 2 is 2.04 bits per heavy atom. The van der Waals surface area contributed by atoms with Gasteiger partial charge in [-0.1, -0.05) is 35.5 Å². The molecular formula is C19H20N4O4. The first-order chi connectivity index (χ1) is 13.0. The summed E-state index contributed by atoms with van der Waals surface area (Å²) in [5.41, 5.74) is 7.34. The highest BCUT2D eigenvalue weighted by molar-refractivity contribution is 5.94. The van der Waals surface area contributed by atoms with Gasteiger partial charge >= 0.3 is 0 Å². The molecule has 0 saturated heterocycles. The Morgan fingerprint density at radius 1 is 1.30 bits per heavy atom. The van der Waals surface area contributed by atoms with E-state index in [0.29, 0.717) is 24.0 Å². The second-order valence-electron chi connectivity index (χ2n) is 6.95. The summed E-state index contributed by atoms with van der Waals surface area (Å²) < 4.78 is 10.9. The summed E-state index contributed by atoms with van der Waals surface area (Å²) in [6.07, 6.45) is 1.54. The maximum absolute atomic E-state index is 11.8. The van der Waals surface area contributed by atoms with Gasteiger partial charge in [-0.25, -0.2) is 0 Å². The van der Waals surface area contributed by atoms with Gasteiger partial charge in [0, 0.05) is 17.5 Å². The largest absolute Gasteiger partial charge is 0.422 e. The quantitative estimate of drug-likeness (QED) is 0.684. The van der Waals surface area contributed by atoms with Gasteiger partial charge in [0.05, 0.1) is 0 Å². The molecule has 8 nitrogen and oxygen atoms in total. The lowest BCUT2D eigenvalue weighted by Gasteiger charge is -2.34. The van der Waals surface area contributed by atoms with Crippen LogP contribution in [0.4, 0.5) is 0 Å². The number of carbonyl (C=O) groups excluding carboxylic acids is 1. The van der Waals surface area contributed by atoms with Crippen molar-refractivity contribution in [3.05, 3.63) is 53.4 Å². The maximum atomic E-state index is 11.8. The summed E-state index contributed by atoms with van der Waals surface area (Å²) in [5.74, 6) is 1.23. The molecule has 1 atom stereocenters. The van der Waals surface area contributed by atoms with Crippen molar-refractivity contribution >= 4 is 5.91 Å². The highest BCUT2D eigenvalue weighted by Gasteiger charge is 2.38. The number of hydrogen-bond acceptors (Lipinski definition) is 7. The van der Waals surface area contributed by atoms with Crippen molar-refractivity contribution in [2.24, 2.45) is 11.7 Å². The van der Waals surface area contributed by atoms with E-state index in [2.05, 4.69) is 15.4 Å². The molecule has 1 aromatic carbocycles. The Labute approximate surface area is 155 Å². The van der Waals surface area contributed by atoms with Crippen LogP contribution in [-0.2, 0) is 6.42 Å². The molecule has 140 valence electrons. The van der Waals surface area contributed by atoms with Gasteiger partial charge in [0.1, 0.15) is 6.10 Å². The van der Waals surface area contributed by atoms with Crippen LogP contribution in [0.15, 0.2) is 39.3 Å². The lowest BCUT2D eigenvalue weighted by atomic mass is 9.69. The average molecular weight is 368 g/mol. The fraction of sp³-hybridized carbons (Fsp3) is 0.368. The molecule has 1 fully saturated rings. The van der Waals surface area contributed by atoms with E-state index >= 15 is 0 Å². The van der Waals surface area contributed by atoms with Crippen LogP contribution in [0.1, 0.15) is 59.6 Å². The molecule has 8 heteroatoms. The number of carbonyl (C=O) groups is 1. The highest BCUT2D eigenvalue weighted by Crippen LogP contribution is 2.47. The summed E-state index contributed by atoms with van der Waals surface area (Å²) in [6, 6.07) is 9.57. The average Bonchev–Trinajstić information content (AvgIpc) is 3.25. The van der Waals surface area contributed by atoms with Gasteiger partial charge in [0.25, 0.3) is 5.91 Å². The number of aliphatic hydroxyl groups excluding tert-OH is 1. The van der Waals surface area contributed by atoms with E-state index in [4.69, 9.17) is 14.7 Å². The molecule has 1 amide bonds. The normalized spacial score (nSPS) is 20.2. The van der Waals surface area contributed by atoms with Crippen LogP contribution in [0.3, 0.4) is 0 Å². The number of aromatic nitrogens is 3. The number of amides is 1. The van der Waals surface area contributed by atoms with Crippen molar-refractivity contribution in [2.45, 2.75) is 38.2 Å². The molecule has 2 aromatic heterocycles. The van der Waals surface area contributed by atoms with Gasteiger partial charge in [-0.15, -0.1) is 10.2 Å². The molecule has 0 spiro atoms. The second kappa shape index (κ2) is 6.96. The van der Waals surface area contributed by atoms with Gasteiger partial charge in [0.2, 0.25) is 11.8 Å². The number of hydrogen-bond donors (Lipinski definition) is 2. The van der Waals surface area contributed by atoms with Crippen molar-refractivity contribution in [1.29, 1.82) is 0 Å². The standard InChI is InChI=1S/C19H20N4O4/c1-10(24)19-22-21-14(26-19)9-11-7-13(8-11)15-16(18(20)25)23-27-17(15)12-5-3-2-4-6-12/h2-6,10-11,13,24H,7-9H2,1H3,(H2,20,25)/t10-,11?,13?/m0/s1. The molecule has 3 aromatic rings. The maximum Gasteiger partial charge on any atom is 0.271 e. The second-order valence-corrected chi connectivity index (χ2v) is 6.95. The molecule has 3 N–H and O–H groups in total. The predicted octanol–water partition coefficient (Wildman–Crippen LogP) is 2.61. The first-order valence-corrected chi connectivity index (χ1v) is 8.88. The predicted molar refractivity (Wildman–Crippen MR) is 94.6 cm³/mol. The number of primary amides is 1. The van der Waals surface area contributed by atoms with Gasteiger partial charge in [-0.2, -0.15) is 0 Å². The van der Waals surface area contributed by atoms with Crippen molar-refractivity contribution in [3.63, 3.8) is 0 Å². The minimum absolute atomic E-state index is 0.137. The van der Waals surface area contributed by atoms with Crippen LogP contribution < -0.4 is 5.73 Å². The fourth-order valence-corrected chi connectivity index (χ4v) is 3.55. The summed E-state index contributed by atoms with van der Waals surface area (Å²) in [4.78, 5) is 11.8. The van der Waals surface area contributed by atoms with Gasteiger partial charge in [-0.3, -0.25) is 4.79 Å². The highest BCUT2D eigenvalue weighted by atomic mass is 16.5. The van der Waals surface area contributed by atoms with Gasteiger partial charge < -0.3 is 19.8 Å². The minimum atomic E-state index is -0.774. The third-order valence-electron chi connectivity index (χ3n) is 4.94. The third-order valence-corrected chi connectivity index (χ3v) is 4.94. The lowest BCUT2D eigenvalue weighted by molar-refractivity contribution is 0.0989. The topological polar surface area (TPSA) is 128 Å². The Balaban J connectivity index is 1.51. The van der Waals surface area contributed by atoms with Gasteiger partial charge in [-0.05, 0) is 31.6 Å². The lowest BCUT2D eigenvalue weighted by Crippen LogP contribution is -2.26. The molecule has 1 aliphatic carbocycles. The Kier molecular flexibility index (Phi) is 4.49. The number of nitrogens with zero attached hydrogens (tertiary/aromatic N) is 3. The third kappa shape index (κ3) is 3.35. The van der Waals surface area contributed by atoms with Crippen LogP contribution in [0, 0.1) is 5.92 Å². The summed E-state index contributed by atoms with van der Waals surface area (Å²) in [5, 5.41) is 21.2. The van der Waals surface area contributed by atoms with Crippen LogP contribution in [0.2, 0.25) is 0 Å². The van der Waals surface area contributed by atoms with E-state index in [0.717, 1.165) is 24.0 Å². The molecule has 0 bridgehead atoms. The number of aliphatic hydroxyl groups is 1. The van der Waals surface area contributed by atoms with Crippen molar-refractivity contribution < 1.29 is 18.8 Å². The summed E-state index contributed by atoms with van der Waals surface area (Å²) in [7, 11) is 0.